The molecule has 2 aliphatic rings. The van der Waals surface area contributed by atoms with E-state index in [-0.39, 0.29) is 12.3 Å². The van der Waals surface area contributed by atoms with Gasteiger partial charge in [-0.25, -0.2) is 13.7 Å². The minimum atomic E-state index is -0.492. The first kappa shape index (κ1) is 14.4. The van der Waals surface area contributed by atoms with E-state index >= 15 is 0 Å². The molecule has 2 aromatic heterocycles. The summed E-state index contributed by atoms with van der Waals surface area (Å²) in [6, 6.07) is 3.07. The van der Waals surface area contributed by atoms with Crippen molar-refractivity contribution >= 4 is 17.5 Å². The van der Waals surface area contributed by atoms with E-state index in [0.29, 0.717) is 23.3 Å². The van der Waals surface area contributed by atoms with E-state index < -0.39 is 5.97 Å². The maximum atomic E-state index is 12.5. The molecule has 0 spiro atoms. The Balaban J connectivity index is 1.50. The third-order valence-corrected chi connectivity index (χ3v) is 5.88. The number of aromatic nitrogens is 2. The number of ether oxygens (including phenoxy) is 2. The van der Waals surface area contributed by atoms with Crippen LogP contribution in [0.4, 0.5) is 0 Å². The maximum Gasteiger partial charge on any atom is 0.340 e. The highest BCUT2D eigenvalue weighted by Gasteiger charge is 2.41. The second kappa shape index (κ2) is 5.49. The number of carbonyl (C=O) groups is 1. The molecule has 6 nitrogen and oxygen atoms in total. The third-order valence-electron chi connectivity index (χ3n) is 4.64. The zero-order valence-electron chi connectivity index (χ0n) is 12.7. The fraction of sp³-hybridized carbons (Fsp3) is 0.438. The van der Waals surface area contributed by atoms with Crippen LogP contribution in [0.1, 0.15) is 51.9 Å². The van der Waals surface area contributed by atoms with Gasteiger partial charge in [-0.1, -0.05) is 11.5 Å². The molecule has 2 atom stereocenters. The molecule has 0 aliphatic heterocycles. The largest absolute Gasteiger partial charge is 0.481 e. The van der Waals surface area contributed by atoms with Crippen LogP contribution in [-0.2, 0) is 11.5 Å². The van der Waals surface area contributed by atoms with Crippen LogP contribution < -0.4 is 10.3 Å². The average molecular weight is 332 g/mol. The molecule has 0 amide bonds. The molecule has 2 bridgehead atoms. The predicted octanol–water partition coefficient (Wildman–Crippen LogP) is 2.49. The topological polar surface area (TPSA) is 70.4 Å². The molecular weight excluding hydrogens is 316 g/mol. The van der Waals surface area contributed by atoms with Gasteiger partial charge in [0.25, 0.3) is 5.56 Å². The van der Waals surface area contributed by atoms with Crippen molar-refractivity contribution in [1.82, 2.24) is 8.94 Å². The molecule has 1 saturated carbocycles. The van der Waals surface area contributed by atoms with Crippen molar-refractivity contribution in [1.29, 1.82) is 0 Å². The second-order valence-electron chi connectivity index (χ2n) is 5.91. The highest BCUT2D eigenvalue weighted by molar-refractivity contribution is 7.06. The van der Waals surface area contributed by atoms with Gasteiger partial charge in [0.1, 0.15) is 0 Å². The molecule has 0 radical (unpaired) electrons. The number of hydrogen-bond donors (Lipinski definition) is 0. The zero-order chi connectivity index (χ0) is 16.0. The summed E-state index contributed by atoms with van der Waals surface area (Å²) in [6.45, 7) is -0.0423. The van der Waals surface area contributed by atoms with E-state index in [1.807, 2.05) is 0 Å². The van der Waals surface area contributed by atoms with Crippen molar-refractivity contribution in [2.75, 3.05) is 7.11 Å². The van der Waals surface area contributed by atoms with Crippen molar-refractivity contribution < 1.29 is 14.3 Å². The standard InChI is InChI=1S/C16H16N2O4S/c1-21-12-7-11(4-5-17-12)16(20)22-8-18-15(19)13-9-2-3-10(6-9)14(13)23-18/h4-5,7,9-10H,2-3,6,8H2,1H3. The van der Waals surface area contributed by atoms with Crippen molar-refractivity contribution in [3.05, 3.63) is 44.7 Å². The lowest BCUT2D eigenvalue weighted by Gasteiger charge is -2.06. The fourth-order valence-corrected chi connectivity index (χ4v) is 4.77. The van der Waals surface area contributed by atoms with E-state index in [4.69, 9.17) is 9.47 Å². The number of esters is 1. The van der Waals surface area contributed by atoms with Crippen molar-refractivity contribution in [3.63, 3.8) is 0 Å². The van der Waals surface area contributed by atoms with Crippen molar-refractivity contribution in [2.24, 2.45) is 0 Å². The number of fused-ring (bicyclic) bond motifs is 5. The number of carbonyl (C=O) groups excluding carboxylic acids is 1. The highest BCUT2D eigenvalue weighted by atomic mass is 32.1. The van der Waals surface area contributed by atoms with Gasteiger partial charge in [0.15, 0.2) is 6.73 Å². The summed E-state index contributed by atoms with van der Waals surface area (Å²) in [4.78, 5) is 29.7. The first-order chi connectivity index (χ1) is 11.2. The molecule has 0 aromatic carbocycles. The lowest BCUT2D eigenvalue weighted by molar-refractivity contribution is 0.0384. The lowest BCUT2D eigenvalue weighted by atomic mass is 10.00. The monoisotopic (exact) mass is 332 g/mol. The molecule has 7 heteroatoms. The summed E-state index contributed by atoms with van der Waals surface area (Å²) in [5.74, 6) is 0.812. The van der Waals surface area contributed by atoms with E-state index in [2.05, 4.69) is 4.98 Å². The third kappa shape index (κ3) is 2.35. The molecule has 0 saturated heterocycles. The second-order valence-corrected chi connectivity index (χ2v) is 6.97. The van der Waals surface area contributed by atoms with Crippen LogP contribution >= 0.6 is 11.5 Å². The molecule has 120 valence electrons. The molecule has 1 fully saturated rings. The Hall–Kier alpha value is -2.15. The van der Waals surface area contributed by atoms with Crippen molar-refractivity contribution in [2.45, 2.75) is 37.8 Å². The van der Waals surface area contributed by atoms with Gasteiger partial charge in [-0.3, -0.25) is 4.79 Å². The van der Waals surface area contributed by atoms with Crippen LogP contribution in [0.3, 0.4) is 0 Å². The van der Waals surface area contributed by atoms with Crippen molar-refractivity contribution in [3.8, 4) is 5.88 Å². The quantitative estimate of drug-likeness (QED) is 0.805. The summed E-state index contributed by atoms with van der Waals surface area (Å²) in [6.07, 6.45) is 4.89. The van der Waals surface area contributed by atoms with Gasteiger partial charge in [0.05, 0.1) is 12.7 Å². The molecule has 4 rings (SSSR count). The number of hydrogen-bond acceptors (Lipinski definition) is 6. The van der Waals surface area contributed by atoms with E-state index in [9.17, 15) is 9.59 Å². The Morgan fingerprint density at radius 3 is 3.04 bits per heavy atom. The first-order valence-electron chi connectivity index (χ1n) is 7.58. The Morgan fingerprint density at radius 1 is 1.43 bits per heavy atom. The average Bonchev–Trinajstić information content (AvgIpc) is 3.26. The summed E-state index contributed by atoms with van der Waals surface area (Å²) < 4.78 is 11.8. The van der Waals surface area contributed by atoms with Gasteiger partial charge in [0.2, 0.25) is 5.88 Å². The SMILES string of the molecule is COc1cc(C(=O)OCn2sc3c(c2=O)C2CCC3C2)ccn1. The predicted molar refractivity (Wildman–Crippen MR) is 84.1 cm³/mol. The molecular formula is C16H16N2O4S. The van der Waals surface area contributed by atoms with Gasteiger partial charge in [-0.2, -0.15) is 0 Å². The maximum absolute atomic E-state index is 12.5. The summed E-state index contributed by atoms with van der Waals surface area (Å²) >= 11 is 1.45. The van der Waals surface area contributed by atoms with Crippen LogP contribution in [0.5, 0.6) is 5.88 Å². The zero-order valence-corrected chi connectivity index (χ0v) is 13.5. The highest BCUT2D eigenvalue weighted by Crippen LogP contribution is 2.53. The van der Waals surface area contributed by atoms with Gasteiger partial charge >= 0.3 is 5.97 Å². The Kier molecular flexibility index (Phi) is 3.45. The van der Waals surface area contributed by atoms with E-state index in [0.717, 1.165) is 18.4 Å². The summed E-state index contributed by atoms with van der Waals surface area (Å²) in [5.41, 5.74) is 1.33. The van der Waals surface area contributed by atoms with Gasteiger partial charge in [-0.15, -0.1) is 0 Å². The number of pyridine rings is 1. The van der Waals surface area contributed by atoms with Crippen LogP contribution in [0.2, 0.25) is 0 Å². The van der Waals surface area contributed by atoms with Gasteiger partial charge in [-0.05, 0) is 37.2 Å². The smallest absolute Gasteiger partial charge is 0.340 e. The summed E-state index contributed by atoms with van der Waals surface area (Å²) in [7, 11) is 1.48. The molecule has 23 heavy (non-hydrogen) atoms. The Morgan fingerprint density at radius 2 is 2.26 bits per heavy atom. The minimum Gasteiger partial charge on any atom is -0.481 e. The first-order valence-corrected chi connectivity index (χ1v) is 8.35. The Bertz CT molecular complexity index is 826. The Labute approximate surface area is 136 Å². The number of rotatable bonds is 4. The molecule has 2 unspecified atom stereocenters. The van der Waals surface area contributed by atoms with Gasteiger partial charge in [0, 0.05) is 22.7 Å². The molecule has 2 aromatic rings. The van der Waals surface area contributed by atoms with Crippen LogP contribution in [0.15, 0.2) is 23.1 Å². The number of nitrogens with zero attached hydrogens (tertiary/aromatic N) is 2. The fourth-order valence-electron chi connectivity index (χ4n) is 3.53. The van der Waals surface area contributed by atoms with Gasteiger partial charge < -0.3 is 9.47 Å². The van der Waals surface area contributed by atoms with Crippen LogP contribution in [-0.4, -0.2) is 22.0 Å². The molecule has 2 heterocycles. The molecule has 0 N–H and O–H groups in total. The van der Waals surface area contributed by atoms with Crippen LogP contribution in [0, 0.1) is 0 Å². The van der Waals surface area contributed by atoms with E-state index in [1.165, 1.54) is 42.2 Å². The normalized spacial score (nSPS) is 21.3. The number of methoxy groups -OCH3 is 1. The van der Waals surface area contributed by atoms with E-state index in [1.54, 1.807) is 10.0 Å². The van der Waals surface area contributed by atoms with Crippen LogP contribution in [0.25, 0.3) is 0 Å². The summed E-state index contributed by atoms with van der Waals surface area (Å²) in [5, 5.41) is 0. The minimum absolute atomic E-state index is 0.0114. The molecule has 2 aliphatic carbocycles. The lowest BCUT2D eigenvalue weighted by Crippen LogP contribution is -2.20.